The number of benzene rings is 1. The summed E-state index contributed by atoms with van der Waals surface area (Å²) in [7, 11) is -3.47. The molecule has 0 aliphatic rings. The SMILES string of the molecule is O=S(=O)(NCc1ccccc1)c1cccnc1. The van der Waals surface area contributed by atoms with Gasteiger partial charge in [0.05, 0.1) is 0 Å². The predicted molar refractivity (Wildman–Crippen MR) is 64.7 cm³/mol. The molecule has 0 atom stereocenters. The van der Waals surface area contributed by atoms with Crippen molar-refractivity contribution in [3.63, 3.8) is 0 Å². The quantitative estimate of drug-likeness (QED) is 0.893. The van der Waals surface area contributed by atoms with E-state index in [4.69, 9.17) is 0 Å². The van der Waals surface area contributed by atoms with Gasteiger partial charge in [-0.2, -0.15) is 0 Å². The zero-order chi connectivity index (χ0) is 12.1. The van der Waals surface area contributed by atoms with Crippen LogP contribution in [0.25, 0.3) is 0 Å². The van der Waals surface area contributed by atoms with Gasteiger partial charge in [-0.1, -0.05) is 30.3 Å². The third kappa shape index (κ3) is 3.12. The molecule has 88 valence electrons. The van der Waals surface area contributed by atoms with Gasteiger partial charge in [0, 0.05) is 18.9 Å². The van der Waals surface area contributed by atoms with Crippen molar-refractivity contribution in [2.75, 3.05) is 0 Å². The second-order valence-electron chi connectivity index (χ2n) is 3.50. The van der Waals surface area contributed by atoms with Crippen LogP contribution in [0.3, 0.4) is 0 Å². The second kappa shape index (κ2) is 5.07. The summed E-state index contributed by atoms with van der Waals surface area (Å²) in [6.45, 7) is 0.276. The summed E-state index contributed by atoms with van der Waals surface area (Å²) < 4.78 is 26.2. The van der Waals surface area contributed by atoms with Gasteiger partial charge in [0.1, 0.15) is 4.90 Å². The van der Waals surface area contributed by atoms with Crippen molar-refractivity contribution in [1.82, 2.24) is 9.71 Å². The van der Waals surface area contributed by atoms with E-state index in [1.54, 1.807) is 6.07 Å². The van der Waals surface area contributed by atoms with Crippen molar-refractivity contribution in [2.24, 2.45) is 0 Å². The molecular weight excluding hydrogens is 236 g/mol. The molecule has 0 aliphatic carbocycles. The van der Waals surface area contributed by atoms with Gasteiger partial charge in [-0.05, 0) is 17.7 Å². The molecule has 0 spiro atoms. The minimum atomic E-state index is -3.47. The van der Waals surface area contributed by atoms with Gasteiger partial charge in [-0.25, -0.2) is 13.1 Å². The van der Waals surface area contributed by atoms with Gasteiger partial charge < -0.3 is 0 Å². The molecule has 0 unspecified atom stereocenters. The number of sulfonamides is 1. The summed E-state index contributed by atoms with van der Waals surface area (Å²) >= 11 is 0. The van der Waals surface area contributed by atoms with Crippen molar-refractivity contribution < 1.29 is 8.42 Å². The van der Waals surface area contributed by atoms with Crippen LogP contribution < -0.4 is 4.72 Å². The first-order valence-corrected chi connectivity index (χ1v) is 6.60. The molecule has 0 saturated carbocycles. The molecule has 1 heterocycles. The molecule has 1 aromatic carbocycles. The number of hydrogen-bond donors (Lipinski definition) is 1. The highest BCUT2D eigenvalue weighted by Crippen LogP contribution is 2.06. The zero-order valence-electron chi connectivity index (χ0n) is 9.08. The maximum absolute atomic E-state index is 11.9. The van der Waals surface area contributed by atoms with Crippen LogP contribution in [0.2, 0.25) is 0 Å². The zero-order valence-corrected chi connectivity index (χ0v) is 9.89. The lowest BCUT2D eigenvalue weighted by atomic mass is 10.2. The predicted octanol–water partition coefficient (Wildman–Crippen LogP) is 1.56. The number of pyridine rings is 1. The van der Waals surface area contributed by atoms with Crippen LogP contribution in [-0.4, -0.2) is 13.4 Å². The average molecular weight is 248 g/mol. The van der Waals surface area contributed by atoms with Crippen LogP contribution in [0.1, 0.15) is 5.56 Å². The molecule has 0 radical (unpaired) electrons. The standard InChI is InChI=1S/C12H12N2O2S/c15-17(16,12-7-4-8-13-10-12)14-9-11-5-2-1-3-6-11/h1-8,10,14H,9H2. The monoisotopic (exact) mass is 248 g/mol. The fourth-order valence-corrected chi connectivity index (χ4v) is 2.34. The van der Waals surface area contributed by atoms with Crippen LogP contribution >= 0.6 is 0 Å². The molecule has 0 bridgehead atoms. The van der Waals surface area contributed by atoms with Gasteiger partial charge >= 0.3 is 0 Å². The van der Waals surface area contributed by atoms with Gasteiger partial charge in [-0.15, -0.1) is 0 Å². The Morgan fingerprint density at radius 1 is 1.06 bits per heavy atom. The first kappa shape index (κ1) is 11.8. The van der Waals surface area contributed by atoms with E-state index >= 15 is 0 Å². The summed E-state index contributed by atoms with van der Waals surface area (Å²) in [5, 5.41) is 0. The van der Waals surface area contributed by atoms with Crippen LogP contribution in [0.15, 0.2) is 59.8 Å². The van der Waals surface area contributed by atoms with Crippen molar-refractivity contribution in [3.05, 3.63) is 60.4 Å². The Balaban J connectivity index is 2.09. The number of aromatic nitrogens is 1. The summed E-state index contributed by atoms with van der Waals surface area (Å²) in [6, 6.07) is 12.5. The Hall–Kier alpha value is -1.72. The molecule has 1 aromatic heterocycles. The van der Waals surface area contributed by atoms with Gasteiger partial charge in [0.2, 0.25) is 10.0 Å². The van der Waals surface area contributed by atoms with E-state index in [1.807, 2.05) is 30.3 Å². The normalized spacial score (nSPS) is 11.3. The van der Waals surface area contributed by atoms with Crippen LogP contribution in [0.4, 0.5) is 0 Å². The molecule has 17 heavy (non-hydrogen) atoms. The minimum absolute atomic E-state index is 0.177. The number of rotatable bonds is 4. The lowest BCUT2D eigenvalue weighted by molar-refractivity contribution is 0.581. The Morgan fingerprint density at radius 2 is 1.82 bits per heavy atom. The fourth-order valence-electron chi connectivity index (χ4n) is 1.36. The van der Waals surface area contributed by atoms with Crippen LogP contribution in [0.5, 0.6) is 0 Å². The lowest BCUT2D eigenvalue weighted by Gasteiger charge is -2.05. The third-order valence-electron chi connectivity index (χ3n) is 2.25. The molecule has 0 aliphatic heterocycles. The molecular formula is C12H12N2O2S. The number of nitrogens with zero attached hydrogens (tertiary/aromatic N) is 1. The lowest BCUT2D eigenvalue weighted by Crippen LogP contribution is -2.23. The molecule has 2 rings (SSSR count). The average Bonchev–Trinajstić information content (AvgIpc) is 2.39. The second-order valence-corrected chi connectivity index (χ2v) is 5.27. The summed E-state index contributed by atoms with van der Waals surface area (Å²) in [4.78, 5) is 3.96. The highest BCUT2D eigenvalue weighted by Gasteiger charge is 2.12. The Kier molecular flexibility index (Phi) is 3.51. The molecule has 4 nitrogen and oxygen atoms in total. The van der Waals surface area contributed by atoms with Gasteiger partial charge in [-0.3, -0.25) is 4.98 Å². The summed E-state index contributed by atoms with van der Waals surface area (Å²) in [5.41, 5.74) is 0.917. The van der Waals surface area contributed by atoms with E-state index in [9.17, 15) is 8.42 Å². The maximum Gasteiger partial charge on any atom is 0.242 e. The van der Waals surface area contributed by atoms with Gasteiger partial charge in [0.15, 0.2) is 0 Å². The van der Waals surface area contributed by atoms with Crippen LogP contribution in [0, 0.1) is 0 Å². The van der Waals surface area contributed by atoms with Crippen molar-refractivity contribution >= 4 is 10.0 Å². The molecule has 0 amide bonds. The Labute approximate surface area is 100 Å². The molecule has 5 heteroatoms. The van der Waals surface area contributed by atoms with Gasteiger partial charge in [0.25, 0.3) is 0 Å². The smallest absolute Gasteiger partial charge is 0.242 e. The highest BCUT2D eigenvalue weighted by molar-refractivity contribution is 7.89. The van der Waals surface area contributed by atoms with Crippen LogP contribution in [-0.2, 0) is 16.6 Å². The molecule has 1 N–H and O–H groups in total. The van der Waals surface area contributed by atoms with E-state index in [2.05, 4.69) is 9.71 Å². The highest BCUT2D eigenvalue weighted by atomic mass is 32.2. The van der Waals surface area contributed by atoms with Crippen molar-refractivity contribution in [2.45, 2.75) is 11.4 Å². The Bertz CT molecular complexity index is 568. The van der Waals surface area contributed by atoms with Crippen molar-refractivity contribution in [3.8, 4) is 0 Å². The van der Waals surface area contributed by atoms with E-state index in [0.29, 0.717) is 0 Å². The summed E-state index contributed by atoms with van der Waals surface area (Å²) in [5.74, 6) is 0. The first-order chi connectivity index (χ1) is 8.18. The topological polar surface area (TPSA) is 59.1 Å². The van der Waals surface area contributed by atoms with E-state index in [0.717, 1.165) is 5.56 Å². The number of hydrogen-bond acceptors (Lipinski definition) is 3. The first-order valence-electron chi connectivity index (χ1n) is 5.12. The van der Waals surface area contributed by atoms with Crippen molar-refractivity contribution in [1.29, 1.82) is 0 Å². The molecule has 0 saturated heterocycles. The van der Waals surface area contributed by atoms with E-state index < -0.39 is 10.0 Å². The Morgan fingerprint density at radius 3 is 2.47 bits per heavy atom. The molecule has 2 aromatic rings. The number of nitrogens with one attached hydrogen (secondary N) is 1. The fraction of sp³-hybridized carbons (Fsp3) is 0.0833. The van der Waals surface area contributed by atoms with E-state index in [1.165, 1.54) is 18.5 Å². The largest absolute Gasteiger partial charge is 0.263 e. The van der Waals surface area contributed by atoms with E-state index in [-0.39, 0.29) is 11.4 Å². The maximum atomic E-state index is 11.9. The minimum Gasteiger partial charge on any atom is -0.263 e. The third-order valence-corrected chi connectivity index (χ3v) is 3.64. The molecule has 0 fully saturated rings. The summed E-state index contributed by atoms with van der Waals surface area (Å²) in [6.07, 6.45) is 2.86.